The van der Waals surface area contributed by atoms with Crippen molar-refractivity contribution in [3.63, 3.8) is 0 Å². The third kappa shape index (κ3) is 11.9. The maximum atomic E-state index is 12.2. The Bertz CT molecular complexity index is 992. The second-order valence-electron chi connectivity index (χ2n) is 8.74. The molecule has 210 valence electrons. The average molecular weight is 538 g/mol. The van der Waals surface area contributed by atoms with Crippen molar-refractivity contribution < 1.29 is 14.5 Å². The van der Waals surface area contributed by atoms with Crippen molar-refractivity contribution in [1.29, 1.82) is 0 Å². The third-order valence-electron chi connectivity index (χ3n) is 5.01. The molecule has 3 rings (SSSR count). The quantitative estimate of drug-likeness (QED) is 0.236. The minimum absolute atomic E-state index is 0.179. The van der Waals surface area contributed by atoms with Crippen molar-refractivity contribution in [1.82, 2.24) is 19.2 Å². The number of allylic oxidation sites excluding steroid dienone is 4. The van der Waals surface area contributed by atoms with Crippen molar-refractivity contribution >= 4 is 22.4 Å². The molecule has 1 amide bonds. The number of imidazole rings is 1. The van der Waals surface area contributed by atoms with Crippen molar-refractivity contribution in [2.75, 3.05) is 26.2 Å². The molecule has 1 aliphatic rings. The first-order chi connectivity index (χ1) is 17.6. The second kappa shape index (κ2) is 17.7. The number of ether oxygens (including phenoxy) is 1. The van der Waals surface area contributed by atoms with Crippen LogP contribution in [0, 0.1) is 10.1 Å². The summed E-state index contributed by atoms with van der Waals surface area (Å²) in [5, 5.41) is 13.0. The predicted octanol–water partition coefficient (Wildman–Crippen LogP) is 6.81. The summed E-state index contributed by atoms with van der Waals surface area (Å²) in [6.07, 6.45) is 7.49. The Morgan fingerprint density at radius 3 is 2.14 bits per heavy atom. The molecule has 0 saturated carbocycles. The lowest BCUT2D eigenvalue weighted by Crippen LogP contribution is -2.49. The molecule has 0 unspecified atom stereocenters. The van der Waals surface area contributed by atoms with Gasteiger partial charge in [0.25, 0.3) is 0 Å². The molecule has 0 spiro atoms. The fourth-order valence-electron chi connectivity index (χ4n) is 3.18. The Hall–Kier alpha value is -2.72. The molecule has 9 nitrogen and oxygen atoms in total. The number of carbonyl (C=O) groups is 1. The highest BCUT2D eigenvalue weighted by Gasteiger charge is 2.26. The van der Waals surface area contributed by atoms with Crippen molar-refractivity contribution in [3.05, 3.63) is 57.0 Å². The van der Waals surface area contributed by atoms with Crippen LogP contribution < -0.4 is 0 Å². The fraction of sp³-hybridized carbons (Fsp3) is 0.630. The molecule has 2 aromatic heterocycles. The zero-order valence-electron chi connectivity index (χ0n) is 24.4. The monoisotopic (exact) mass is 537 g/mol. The number of carbonyl (C=O) groups excluding carboxylic acids is 1. The summed E-state index contributed by atoms with van der Waals surface area (Å²) in [4.78, 5) is 32.4. The van der Waals surface area contributed by atoms with Gasteiger partial charge in [-0.15, -0.1) is 11.3 Å². The maximum absolute atomic E-state index is 12.2. The van der Waals surface area contributed by atoms with Gasteiger partial charge in [0.1, 0.15) is 5.60 Å². The summed E-state index contributed by atoms with van der Waals surface area (Å²) < 4.78 is 7.37. The second-order valence-corrected chi connectivity index (χ2v) is 9.57. The van der Waals surface area contributed by atoms with Crippen LogP contribution in [0.3, 0.4) is 0 Å². The Morgan fingerprint density at radius 2 is 1.68 bits per heavy atom. The van der Waals surface area contributed by atoms with Crippen molar-refractivity contribution in [2.24, 2.45) is 0 Å². The van der Waals surface area contributed by atoms with Crippen LogP contribution in [0.2, 0.25) is 0 Å². The van der Waals surface area contributed by atoms with Crippen LogP contribution >= 0.6 is 11.3 Å². The Kier molecular flexibility index (Phi) is 16.4. The molecular weight excluding hydrogens is 490 g/mol. The van der Waals surface area contributed by atoms with E-state index in [1.54, 1.807) is 11.8 Å². The molecule has 0 atom stereocenters. The van der Waals surface area contributed by atoms with E-state index in [0.29, 0.717) is 19.6 Å². The number of hydrogen-bond donors (Lipinski definition) is 0. The minimum Gasteiger partial charge on any atom is -0.444 e. The number of hydrogen-bond acceptors (Lipinski definition) is 7. The zero-order valence-corrected chi connectivity index (χ0v) is 25.2. The first-order valence-electron chi connectivity index (χ1n) is 13.1. The molecule has 1 saturated heterocycles. The standard InChI is InChI=1S/C19H27N5O4S.C4H8.2C2H6/c1-5-15(24(26)27)10-16-13-29-17-20-14(12-23(16)17)11-21-6-8-22(9-7-21)18(25)28-19(2,3)4;1-3-4-2;2*1-2/h5,12-13H,6-11H2,1-4H3;3-4H,1-2H3;2*1-2H3/b15-5+;4-3-;;. The number of amides is 1. The molecule has 37 heavy (non-hydrogen) atoms. The van der Waals surface area contributed by atoms with E-state index in [4.69, 9.17) is 4.74 Å². The minimum atomic E-state index is -0.490. The number of rotatable bonds is 5. The van der Waals surface area contributed by atoms with Gasteiger partial charge in [0.05, 0.1) is 17.0 Å². The number of nitrogens with zero attached hydrogens (tertiary/aromatic N) is 5. The van der Waals surface area contributed by atoms with E-state index < -0.39 is 5.60 Å². The number of piperazine rings is 1. The van der Waals surface area contributed by atoms with Crippen LogP contribution in [0.25, 0.3) is 4.96 Å². The molecule has 3 heterocycles. The number of thiazole rings is 1. The smallest absolute Gasteiger partial charge is 0.410 e. The van der Waals surface area contributed by atoms with Crippen LogP contribution in [0.15, 0.2) is 35.5 Å². The molecule has 0 aliphatic carbocycles. The van der Waals surface area contributed by atoms with Gasteiger partial charge in [-0.2, -0.15) is 0 Å². The van der Waals surface area contributed by atoms with E-state index in [9.17, 15) is 14.9 Å². The Balaban J connectivity index is 0.00000145. The van der Waals surface area contributed by atoms with Gasteiger partial charge in [0, 0.05) is 50.0 Å². The van der Waals surface area contributed by atoms with Crippen molar-refractivity contribution in [2.45, 2.75) is 87.8 Å². The number of aromatic nitrogens is 2. The van der Waals surface area contributed by atoms with E-state index in [0.717, 1.165) is 29.4 Å². The van der Waals surface area contributed by atoms with Gasteiger partial charge < -0.3 is 9.64 Å². The third-order valence-corrected chi connectivity index (χ3v) is 5.89. The zero-order chi connectivity index (χ0) is 28.6. The Morgan fingerprint density at radius 1 is 1.11 bits per heavy atom. The number of fused-ring (bicyclic) bond motifs is 1. The SMILES string of the molecule is C/C=C(\Cc1csc2nc(CN3CCN(C(=O)OC(C)(C)C)CC3)cn12)[N+](=O)[O-].C/C=C\C.CC.CC. The van der Waals surface area contributed by atoms with Crippen LogP contribution in [0.1, 0.15) is 80.6 Å². The molecule has 0 bridgehead atoms. The van der Waals surface area contributed by atoms with E-state index in [2.05, 4.69) is 9.88 Å². The van der Waals surface area contributed by atoms with Gasteiger partial charge in [-0.1, -0.05) is 39.8 Å². The van der Waals surface area contributed by atoms with Gasteiger partial charge in [-0.05, 0) is 47.6 Å². The van der Waals surface area contributed by atoms with Gasteiger partial charge in [-0.3, -0.25) is 19.4 Å². The lowest BCUT2D eigenvalue weighted by molar-refractivity contribution is -0.427. The summed E-state index contributed by atoms with van der Waals surface area (Å²) >= 11 is 1.48. The highest BCUT2D eigenvalue weighted by molar-refractivity contribution is 7.15. The predicted molar refractivity (Wildman–Crippen MR) is 154 cm³/mol. The first kappa shape index (κ1) is 34.3. The summed E-state index contributed by atoms with van der Waals surface area (Å²) in [7, 11) is 0. The lowest BCUT2D eigenvalue weighted by atomic mass is 10.2. The van der Waals surface area contributed by atoms with E-state index >= 15 is 0 Å². The molecule has 2 aromatic rings. The van der Waals surface area contributed by atoms with Gasteiger partial charge >= 0.3 is 6.09 Å². The molecule has 0 N–H and O–H groups in total. The molecule has 1 fully saturated rings. The summed E-state index contributed by atoms with van der Waals surface area (Å²) in [6, 6.07) is 0. The Labute approximate surface area is 227 Å². The summed E-state index contributed by atoms with van der Waals surface area (Å²) in [5.41, 5.74) is 1.48. The molecule has 1 aliphatic heterocycles. The molecular formula is C27H47N5O4S. The first-order valence-corrected chi connectivity index (χ1v) is 14.0. The van der Waals surface area contributed by atoms with Crippen LogP contribution in [-0.4, -0.2) is 62.0 Å². The topological polar surface area (TPSA) is 93.2 Å². The number of nitro groups is 1. The highest BCUT2D eigenvalue weighted by atomic mass is 32.1. The molecule has 0 radical (unpaired) electrons. The summed E-state index contributed by atoms with van der Waals surface area (Å²) in [6.45, 7) is 22.7. The van der Waals surface area contributed by atoms with Gasteiger partial charge in [-0.25, -0.2) is 9.78 Å². The summed E-state index contributed by atoms with van der Waals surface area (Å²) in [5.74, 6) is 0. The maximum Gasteiger partial charge on any atom is 0.410 e. The van der Waals surface area contributed by atoms with E-state index in [1.165, 1.54) is 17.4 Å². The highest BCUT2D eigenvalue weighted by Crippen LogP contribution is 2.21. The van der Waals surface area contributed by atoms with Crippen LogP contribution in [-0.2, 0) is 17.7 Å². The molecule has 10 heteroatoms. The van der Waals surface area contributed by atoms with Gasteiger partial charge in [0.15, 0.2) is 4.96 Å². The van der Waals surface area contributed by atoms with E-state index in [-0.39, 0.29) is 23.1 Å². The van der Waals surface area contributed by atoms with Crippen LogP contribution in [0.5, 0.6) is 0 Å². The molecule has 0 aromatic carbocycles. The fourth-order valence-corrected chi connectivity index (χ4v) is 4.07. The van der Waals surface area contributed by atoms with Crippen LogP contribution in [0.4, 0.5) is 4.79 Å². The normalized spacial score (nSPS) is 14.2. The van der Waals surface area contributed by atoms with E-state index in [1.807, 2.05) is 90.4 Å². The van der Waals surface area contributed by atoms with Crippen molar-refractivity contribution in [3.8, 4) is 0 Å². The lowest BCUT2D eigenvalue weighted by Gasteiger charge is -2.35. The van der Waals surface area contributed by atoms with Gasteiger partial charge in [0.2, 0.25) is 5.70 Å². The largest absolute Gasteiger partial charge is 0.444 e. The average Bonchev–Trinajstić information content (AvgIpc) is 3.44.